The van der Waals surface area contributed by atoms with Crippen molar-refractivity contribution in [3.63, 3.8) is 0 Å². The Morgan fingerprint density at radius 1 is 1.23 bits per heavy atom. The molecule has 39 heavy (non-hydrogen) atoms. The van der Waals surface area contributed by atoms with Crippen LogP contribution in [0.5, 0.6) is 0 Å². The quantitative estimate of drug-likeness (QED) is 0.0858. The van der Waals surface area contributed by atoms with Gasteiger partial charge in [-0.25, -0.2) is 9.59 Å². The second-order valence-electron chi connectivity index (χ2n) is 9.10. The Bertz CT molecular complexity index is 1050. The maximum absolute atomic E-state index is 12.5. The maximum atomic E-state index is 12.5. The number of esters is 1. The van der Waals surface area contributed by atoms with Gasteiger partial charge in [0.25, 0.3) is 0 Å². The van der Waals surface area contributed by atoms with Gasteiger partial charge in [-0.15, -0.1) is 6.58 Å². The molecule has 1 saturated heterocycles. The fraction of sp³-hybridized carbons (Fsp3) is 0.520. The van der Waals surface area contributed by atoms with Crippen LogP contribution >= 0.6 is 0 Å². The lowest BCUT2D eigenvalue weighted by molar-refractivity contribution is -0.404. The number of β-amino-alcohol motifs (C(OH)–C–C–N with tert-alkyl or cyclic N) is 1. The van der Waals surface area contributed by atoms with Crippen LogP contribution in [-0.2, 0) is 28.5 Å². The van der Waals surface area contributed by atoms with E-state index in [0.717, 1.165) is 6.26 Å². The van der Waals surface area contributed by atoms with Crippen LogP contribution in [0.2, 0.25) is 0 Å². The third kappa shape index (κ3) is 6.57. The second-order valence-corrected chi connectivity index (χ2v) is 9.10. The van der Waals surface area contributed by atoms with E-state index in [-0.39, 0.29) is 30.8 Å². The molecule has 7 unspecified atom stereocenters. The predicted octanol–water partition coefficient (Wildman–Crippen LogP) is -2.29. The molecule has 0 aromatic rings. The Kier molecular flexibility index (Phi) is 10.0. The van der Waals surface area contributed by atoms with Gasteiger partial charge in [-0.2, -0.15) is 0 Å². The summed E-state index contributed by atoms with van der Waals surface area (Å²) in [4.78, 5) is 25.7. The van der Waals surface area contributed by atoms with E-state index in [9.17, 15) is 45.3 Å². The third-order valence-electron chi connectivity index (χ3n) is 6.55. The normalized spacial score (nSPS) is 32.5. The zero-order valence-corrected chi connectivity index (χ0v) is 21.1. The average Bonchev–Trinajstić information content (AvgIpc) is 2.91. The Hall–Kier alpha value is -3.08. The summed E-state index contributed by atoms with van der Waals surface area (Å²) in [5, 5.41) is 68.8. The number of rotatable bonds is 10. The molecular weight excluding hydrogens is 522 g/mol. The van der Waals surface area contributed by atoms with Gasteiger partial charge in [0.1, 0.15) is 12.2 Å². The molecule has 3 heterocycles. The molecule has 0 radical (unpaired) electrons. The van der Waals surface area contributed by atoms with E-state index in [2.05, 4.69) is 6.58 Å². The molecule has 0 aromatic carbocycles. The largest absolute Gasteiger partial charge is 0.478 e. The SMILES string of the molecule is C=CC1C(OC2OC(CO)C(O)C(O)(O)C2O)OC=C(C(=O)OC)C1C=CC1=CC(C(=O)O)=CN(CCO)C1. The molecule has 7 N–H and O–H groups in total. The summed E-state index contributed by atoms with van der Waals surface area (Å²) < 4.78 is 21.4. The molecule has 0 aromatic heterocycles. The molecule has 14 heteroatoms. The number of hydrogen-bond acceptors (Lipinski definition) is 13. The standard InChI is InChI=1S/C25H33NO13/c1-3-15-16(5-4-13-8-14(21(31)32)10-26(9-13)6-7-27)17(22(33)36-2)12-37-23(15)39-24-20(30)25(34,35)19(29)18(11-28)38-24/h3-5,8,10,12,15-16,18-20,23-24,27-30,34-35H,1,6-7,9,11H2,2H3,(H,31,32). The van der Waals surface area contributed by atoms with Crippen molar-refractivity contribution in [1.29, 1.82) is 0 Å². The molecule has 0 amide bonds. The van der Waals surface area contributed by atoms with Crippen molar-refractivity contribution in [1.82, 2.24) is 4.90 Å². The van der Waals surface area contributed by atoms with E-state index in [1.807, 2.05) is 0 Å². The van der Waals surface area contributed by atoms with Crippen LogP contribution in [0.3, 0.4) is 0 Å². The highest BCUT2D eigenvalue weighted by atomic mass is 16.8. The highest BCUT2D eigenvalue weighted by Crippen LogP contribution is 2.37. The summed E-state index contributed by atoms with van der Waals surface area (Å²) in [5.74, 6) is -6.64. The number of nitrogens with zero attached hydrogens (tertiary/aromatic N) is 1. The van der Waals surface area contributed by atoms with Crippen molar-refractivity contribution in [2.75, 3.05) is 33.4 Å². The highest BCUT2D eigenvalue weighted by Gasteiger charge is 2.56. The monoisotopic (exact) mass is 555 g/mol. The summed E-state index contributed by atoms with van der Waals surface area (Å²) >= 11 is 0. The fourth-order valence-electron chi connectivity index (χ4n) is 4.43. The van der Waals surface area contributed by atoms with Gasteiger partial charge in [0.05, 0.1) is 43.6 Å². The molecule has 216 valence electrons. The van der Waals surface area contributed by atoms with E-state index >= 15 is 0 Å². The molecule has 7 atom stereocenters. The van der Waals surface area contributed by atoms with Crippen molar-refractivity contribution in [2.24, 2.45) is 11.8 Å². The lowest BCUT2D eigenvalue weighted by Crippen LogP contribution is -2.68. The van der Waals surface area contributed by atoms with Gasteiger partial charge in [0, 0.05) is 25.2 Å². The molecular formula is C25H33NO13. The summed E-state index contributed by atoms with van der Waals surface area (Å²) in [5.41, 5.74) is 0.603. The van der Waals surface area contributed by atoms with Gasteiger partial charge in [-0.05, 0) is 11.6 Å². The summed E-state index contributed by atoms with van der Waals surface area (Å²) in [7, 11) is 1.17. The number of ether oxygens (including phenoxy) is 4. The number of aliphatic hydroxyl groups excluding tert-OH is 4. The lowest BCUT2D eigenvalue weighted by Gasteiger charge is -2.46. The van der Waals surface area contributed by atoms with E-state index in [1.165, 1.54) is 25.5 Å². The Balaban J connectivity index is 1.90. The molecule has 3 aliphatic heterocycles. The first kappa shape index (κ1) is 30.5. The number of aliphatic hydroxyl groups is 6. The van der Waals surface area contributed by atoms with Gasteiger partial charge >= 0.3 is 11.9 Å². The highest BCUT2D eigenvalue weighted by molar-refractivity contribution is 5.90. The minimum Gasteiger partial charge on any atom is -0.478 e. The van der Waals surface area contributed by atoms with E-state index in [4.69, 9.17) is 18.9 Å². The molecule has 0 spiro atoms. The zero-order chi connectivity index (χ0) is 28.9. The smallest absolute Gasteiger partial charge is 0.337 e. The molecule has 1 fully saturated rings. The number of carbonyl (C=O) groups is 2. The molecule has 14 nitrogen and oxygen atoms in total. The first-order chi connectivity index (χ1) is 18.5. The van der Waals surface area contributed by atoms with Crippen LogP contribution in [-0.4, -0.2) is 123 Å². The third-order valence-corrected chi connectivity index (χ3v) is 6.55. The minimum absolute atomic E-state index is 0.00732. The Morgan fingerprint density at radius 3 is 2.54 bits per heavy atom. The van der Waals surface area contributed by atoms with Gasteiger partial charge < -0.3 is 59.6 Å². The predicted molar refractivity (Wildman–Crippen MR) is 130 cm³/mol. The summed E-state index contributed by atoms with van der Waals surface area (Å²) in [6, 6.07) is 0. The number of carboxylic acids is 1. The van der Waals surface area contributed by atoms with E-state index in [1.54, 1.807) is 17.1 Å². The van der Waals surface area contributed by atoms with Crippen LogP contribution in [0.1, 0.15) is 0 Å². The van der Waals surface area contributed by atoms with Crippen LogP contribution in [0.4, 0.5) is 0 Å². The Labute approximate surface area is 223 Å². The van der Waals surface area contributed by atoms with Gasteiger partial charge in [0.2, 0.25) is 12.1 Å². The number of allylic oxidation sites excluding steroid dienone is 1. The van der Waals surface area contributed by atoms with Crippen LogP contribution in [0.25, 0.3) is 0 Å². The lowest BCUT2D eigenvalue weighted by atomic mass is 9.83. The summed E-state index contributed by atoms with van der Waals surface area (Å²) in [6.45, 7) is 3.22. The molecule has 0 bridgehead atoms. The first-order valence-corrected chi connectivity index (χ1v) is 12.0. The van der Waals surface area contributed by atoms with Crippen molar-refractivity contribution < 1.29 is 64.3 Å². The number of methoxy groups -OCH3 is 1. The van der Waals surface area contributed by atoms with Crippen LogP contribution in [0.15, 0.2) is 60.1 Å². The molecule has 3 rings (SSSR count). The van der Waals surface area contributed by atoms with E-state index in [0.29, 0.717) is 5.57 Å². The number of carbonyl (C=O) groups excluding carboxylic acids is 1. The van der Waals surface area contributed by atoms with Crippen molar-refractivity contribution in [3.8, 4) is 0 Å². The van der Waals surface area contributed by atoms with Crippen molar-refractivity contribution in [3.05, 3.63) is 60.1 Å². The van der Waals surface area contributed by atoms with Crippen molar-refractivity contribution in [2.45, 2.75) is 36.7 Å². The molecule has 0 saturated carbocycles. The number of carboxylic acid groups (broad SMARTS) is 1. The molecule has 0 aliphatic carbocycles. The fourth-order valence-corrected chi connectivity index (χ4v) is 4.43. The summed E-state index contributed by atoms with van der Waals surface area (Å²) in [6.07, 6.45) is -0.306. The van der Waals surface area contributed by atoms with Crippen LogP contribution in [0, 0.1) is 11.8 Å². The van der Waals surface area contributed by atoms with Gasteiger partial charge in [-0.3, -0.25) is 0 Å². The van der Waals surface area contributed by atoms with Gasteiger partial charge in [-0.1, -0.05) is 18.2 Å². The van der Waals surface area contributed by atoms with Crippen LogP contribution < -0.4 is 0 Å². The Morgan fingerprint density at radius 2 is 1.95 bits per heavy atom. The minimum atomic E-state index is -3.08. The zero-order valence-electron chi connectivity index (χ0n) is 21.1. The van der Waals surface area contributed by atoms with E-state index < -0.39 is 67.1 Å². The molecule has 3 aliphatic rings. The maximum Gasteiger partial charge on any atom is 0.337 e. The second kappa shape index (κ2) is 12.8. The first-order valence-electron chi connectivity index (χ1n) is 12.0. The van der Waals surface area contributed by atoms with Gasteiger partial charge in [0.15, 0.2) is 12.4 Å². The number of aliphatic carboxylic acids is 1. The van der Waals surface area contributed by atoms with Crippen molar-refractivity contribution >= 4 is 11.9 Å². The number of hydrogen-bond donors (Lipinski definition) is 7. The average molecular weight is 556 g/mol. The topological polar surface area (TPSA) is 216 Å².